The fourth-order valence-electron chi connectivity index (χ4n) is 2.08. The molecule has 5 heteroatoms. The highest BCUT2D eigenvalue weighted by Crippen LogP contribution is 2.39. The summed E-state index contributed by atoms with van der Waals surface area (Å²) in [7, 11) is 0. The van der Waals surface area contributed by atoms with Crippen LogP contribution in [0, 0.1) is 6.92 Å². The predicted molar refractivity (Wildman–Crippen MR) is 78.5 cm³/mol. The molecule has 3 aromatic rings. The summed E-state index contributed by atoms with van der Waals surface area (Å²) in [5.74, 6) is 0. The molecule has 2 heterocycles. The van der Waals surface area contributed by atoms with E-state index in [0.29, 0.717) is 5.15 Å². The lowest BCUT2D eigenvalue weighted by molar-refractivity contribution is 0.282. The van der Waals surface area contributed by atoms with Crippen molar-refractivity contribution in [3.63, 3.8) is 0 Å². The van der Waals surface area contributed by atoms with Gasteiger partial charge in [-0.3, -0.25) is 0 Å². The normalized spacial score (nSPS) is 11.1. The molecule has 0 aliphatic carbocycles. The highest BCUT2D eigenvalue weighted by molar-refractivity contribution is 7.23. The largest absolute Gasteiger partial charge is 0.392 e. The van der Waals surface area contributed by atoms with Gasteiger partial charge in [-0.25, -0.2) is 9.97 Å². The summed E-state index contributed by atoms with van der Waals surface area (Å²) in [4.78, 5) is 9.43. The van der Waals surface area contributed by atoms with Crippen molar-refractivity contribution in [1.29, 1.82) is 0 Å². The fraction of sp³-hybridized carbons (Fsp3) is 0.143. The van der Waals surface area contributed by atoms with E-state index in [9.17, 15) is 5.11 Å². The lowest BCUT2D eigenvalue weighted by atomic mass is 10.1. The van der Waals surface area contributed by atoms with Gasteiger partial charge in [0.25, 0.3) is 0 Å². The van der Waals surface area contributed by atoms with Crippen molar-refractivity contribution >= 4 is 33.2 Å². The van der Waals surface area contributed by atoms with Crippen LogP contribution in [0.1, 0.15) is 11.1 Å². The zero-order chi connectivity index (χ0) is 13.4. The smallest absolute Gasteiger partial charge is 0.150 e. The molecule has 96 valence electrons. The number of aromatic nitrogens is 2. The molecule has 2 aromatic heterocycles. The van der Waals surface area contributed by atoms with Gasteiger partial charge in [0.15, 0.2) is 0 Å². The van der Waals surface area contributed by atoms with Crippen LogP contribution in [0.3, 0.4) is 0 Å². The number of fused-ring (bicyclic) bond motifs is 1. The van der Waals surface area contributed by atoms with Crippen LogP contribution >= 0.6 is 22.9 Å². The number of aliphatic hydroxyl groups excluding tert-OH is 1. The molecule has 0 aliphatic heterocycles. The second-order valence-corrected chi connectivity index (χ2v) is 5.64. The summed E-state index contributed by atoms with van der Waals surface area (Å²) in [5.41, 5.74) is 3.96. The Morgan fingerprint density at radius 3 is 2.89 bits per heavy atom. The molecule has 0 saturated heterocycles. The molecule has 0 fully saturated rings. The Morgan fingerprint density at radius 1 is 1.32 bits per heavy atom. The Hall–Kier alpha value is -1.49. The first kappa shape index (κ1) is 12.5. The van der Waals surface area contributed by atoms with Crippen LogP contribution < -0.4 is 0 Å². The molecular weight excluding hydrogens is 280 g/mol. The van der Waals surface area contributed by atoms with Crippen LogP contribution in [-0.2, 0) is 6.61 Å². The SMILES string of the molecule is Cc1c(-c2cccc(CO)c2)sc2c(Cl)ncnc12. The van der Waals surface area contributed by atoms with Gasteiger partial charge in [0.1, 0.15) is 11.5 Å². The summed E-state index contributed by atoms with van der Waals surface area (Å²) in [6, 6.07) is 7.86. The number of hydrogen-bond acceptors (Lipinski definition) is 4. The Morgan fingerprint density at radius 2 is 2.16 bits per heavy atom. The molecule has 0 spiro atoms. The second kappa shape index (κ2) is 4.89. The lowest BCUT2D eigenvalue weighted by Crippen LogP contribution is -1.84. The number of thiophene rings is 1. The van der Waals surface area contributed by atoms with Gasteiger partial charge in [-0.1, -0.05) is 29.8 Å². The van der Waals surface area contributed by atoms with Crippen LogP contribution in [0.2, 0.25) is 5.15 Å². The minimum absolute atomic E-state index is 0.0400. The van der Waals surface area contributed by atoms with Crippen molar-refractivity contribution in [2.75, 3.05) is 0 Å². The third kappa shape index (κ3) is 2.12. The maximum Gasteiger partial charge on any atom is 0.150 e. The average Bonchev–Trinajstić information content (AvgIpc) is 2.78. The number of rotatable bonds is 2. The number of nitrogens with zero attached hydrogens (tertiary/aromatic N) is 2. The van der Waals surface area contributed by atoms with E-state index in [2.05, 4.69) is 9.97 Å². The zero-order valence-corrected chi connectivity index (χ0v) is 11.8. The quantitative estimate of drug-likeness (QED) is 0.730. The van der Waals surface area contributed by atoms with Gasteiger partial charge in [-0.15, -0.1) is 11.3 Å². The summed E-state index contributed by atoms with van der Waals surface area (Å²) in [6.45, 7) is 2.07. The van der Waals surface area contributed by atoms with Gasteiger partial charge in [-0.2, -0.15) is 0 Å². The van der Waals surface area contributed by atoms with Crippen molar-refractivity contribution in [1.82, 2.24) is 9.97 Å². The first-order chi connectivity index (χ1) is 9.20. The molecule has 0 bridgehead atoms. The molecule has 0 aliphatic rings. The maximum atomic E-state index is 9.22. The lowest BCUT2D eigenvalue weighted by Gasteiger charge is -2.02. The minimum Gasteiger partial charge on any atom is -0.392 e. The zero-order valence-electron chi connectivity index (χ0n) is 10.2. The minimum atomic E-state index is 0.0400. The monoisotopic (exact) mass is 290 g/mol. The van der Waals surface area contributed by atoms with Crippen LogP contribution in [0.15, 0.2) is 30.6 Å². The third-order valence-corrected chi connectivity index (χ3v) is 4.77. The summed E-state index contributed by atoms with van der Waals surface area (Å²) in [6.07, 6.45) is 1.48. The van der Waals surface area contributed by atoms with Crippen LogP contribution in [0.5, 0.6) is 0 Å². The summed E-state index contributed by atoms with van der Waals surface area (Å²) in [5, 5.41) is 9.71. The highest BCUT2D eigenvalue weighted by atomic mass is 35.5. The van der Waals surface area contributed by atoms with Gasteiger partial charge < -0.3 is 5.11 Å². The van der Waals surface area contributed by atoms with Crippen molar-refractivity contribution in [3.05, 3.63) is 46.9 Å². The number of aryl methyl sites for hydroxylation is 1. The van der Waals surface area contributed by atoms with Crippen molar-refractivity contribution < 1.29 is 5.11 Å². The summed E-state index contributed by atoms with van der Waals surface area (Å²) >= 11 is 7.69. The Bertz CT molecular complexity index is 754. The van der Waals surface area contributed by atoms with Gasteiger partial charge in [-0.05, 0) is 29.7 Å². The number of halogens is 1. The van der Waals surface area contributed by atoms with Gasteiger partial charge in [0.2, 0.25) is 0 Å². The molecular formula is C14H11ClN2OS. The Balaban J connectivity index is 2.25. The number of hydrogen-bond donors (Lipinski definition) is 1. The molecule has 0 saturated carbocycles. The van der Waals surface area contributed by atoms with E-state index in [4.69, 9.17) is 11.6 Å². The van der Waals surface area contributed by atoms with Crippen LogP contribution in [0.4, 0.5) is 0 Å². The van der Waals surface area contributed by atoms with E-state index < -0.39 is 0 Å². The molecule has 3 nitrogen and oxygen atoms in total. The predicted octanol–water partition coefficient (Wildman–Crippen LogP) is 3.81. The van der Waals surface area contributed by atoms with Gasteiger partial charge in [0.05, 0.1) is 16.8 Å². The summed E-state index contributed by atoms with van der Waals surface area (Å²) < 4.78 is 0.908. The first-order valence-electron chi connectivity index (χ1n) is 5.80. The van der Waals surface area contributed by atoms with Gasteiger partial charge in [0, 0.05) is 4.88 Å². The number of benzene rings is 1. The molecule has 1 N–H and O–H groups in total. The van der Waals surface area contributed by atoms with Crippen molar-refractivity contribution in [2.45, 2.75) is 13.5 Å². The van der Waals surface area contributed by atoms with E-state index >= 15 is 0 Å². The molecule has 1 aromatic carbocycles. The highest BCUT2D eigenvalue weighted by Gasteiger charge is 2.14. The Labute approximate surface area is 119 Å². The molecule has 0 amide bonds. The van der Waals surface area contributed by atoms with E-state index in [1.807, 2.05) is 31.2 Å². The third-order valence-electron chi connectivity index (χ3n) is 3.03. The standard InChI is InChI=1S/C14H11ClN2OS/c1-8-11-13(14(15)17-7-16-11)19-12(8)10-4-2-3-9(5-10)6-18/h2-5,7,18H,6H2,1H3. The van der Waals surface area contributed by atoms with E-state index in [1.165, 1.54) is 6.33 Å². The van der Waals surface area contributed by atoms with E-state index in [1.54, 1.807) is 11.3 Å². The van der Waals surface area contributed by atoms with E-state index in [0.717, 1.165) is 31.8 Å². The molecule has 0 radical (unpaired) electrons. The van der Waals surface area contributed by atoms with Crippen LogP contribution in [0.25, 0.3) is 20.7 Å². The second-order valence-electron chi connectivity index (χ2n) is 4.26. The first-order valence-corrected chi connectivity index (χ1v) is 7.00. The number of aliphatic hydroxyl groups is 1. The average molecular weight is 291 g/mol. The van der Waals surface area contributed by atoms with Crippen molar-refractivity contribution in [3.8, 4) is 10.4 Å². The molecule has 0 unspecified atom stereocenters. The fourth-order valence-corrected chi connectivity index (χ4v) is 3.47. The van der Waals surface area contributed by atoms with Gasteiger partial charge >= 0.3 is 0 Å². The maximum absolute atomic E-state index is 9.22. The van der Waals surface area contributed by atoms with Crippen molar-refractivity contribution in [2.24, 2.45) is 0 Å². The van der Waals surface area contributed by atoms with Crippen LogP contribution in [-0.4, -0.2) is 15.1 Å². The topological polar surface area (TPSA) is 46.0 Å². The molecule has 3 rings (SSSR count). The van der Waals surface area contributed by atoms with E-state index in [-0.39, 0.29) is 6.61 Å². The molecule has 0 atom stereocenters. The Kier molecular flexibility index (Phi) is 3.22. The molecule has 19 heavy (non-hydrogen) atoms.